The predicted molar refractivity (Wildman–Crippen MR) is 81.5 cm³/mol. The van der Waals surface area contributed by atoms with Crippen molar-refractivity contribution in [2.75, 3.05) is 5.43 Å². The summed E-state index contributed by atoms with van der Waals surface area (Å²) in [7, 11) is -3.62. The number of hydrogen-bond donors (Lipinski definition) is 2. The van der Waals surface area contributed by atoms with E-state index >= 15 is 0 Å². The number of nitrogens with zero attached hydrogens (tertiary/aromatic N) is 2. The number of pyridine rings is 1. The zero-order valence-electron chi connectivity index (χ0n) is 11.5. The second-order valence-electron chi connectivity index (χ2n) is 4.97. The Morgan fingerprint density at radius 1 is 1.55 bits per heavy atom. The summed E-state index contributed by atoms with van der Waals surface area (Å²) in [6.45, 7) is 3.95. The van der Waals surface area contributed by atoms with Crippen LogP contribution in [0, 0.1) is 0 Å². The lowest BCUT2D eigenvalue weighted by molar-refractivity contribution is 0.329. The van der Waals surface area contributed by atoms with Gasteiger partial charge in [0.15, 0.2) is 5.82 Å². The van der Waals surface area contributed by atoms with E-state index in [0.29, 0.717) is 4.47 Å². The minimum absolute atomic E-state index is 0.00504. The van der Waals surface area contributed by atoms with Crippen molar-refractivity contribution in [2.45, 2.75) is 50.1 Å². The van der Waals surface area contributed by atoms with Crippen LogP contribution in [0.2, 0.25) is 0 Å². The van der Waals surface area contributed by atoms with Crippen molar-refractivity contribution in [3.8, 4) is 0 Å². The first kappa shape index (κ1) is 15.7. The highest BCUT2D eigenvalue weighted by Crippen LogP contribution is 2.34. The maximum atomic E-state index is 12.9. The monoisotopic (exact) mass is 362 g/mol. The third-order valence-corrected chi connectivity index (χ3v) is 6.21. The molecule has 2 rings (SSSR count). The molecule has 0 aromatic carbocycles. The van der Waals surface area contributed by atoms with Crippen LogP contribution >= 0.6 is 15.9 Å². The molecule has 0 amide bonds. The van der Waals surface area contributed by atoms with Gasteiger partial charge in [0.05, 0.1) is 0 Å². The summed E-state index contributed by atoms with van der Waals surface area (Å²) in [5, 5.41) is 0. The third kappa shape index (κ3) is 2.69. The molecule has 112 valence electrons. The van der Waals surface area contributed by atoms with Gasteiger partial charge in [0.25, 0.3) is 0 Å². The van der Waals surface area contributed by atoms with Gasteiger partial charge in [-0.15, -0.1) is 0 Å². The van der Waals surface area contributed by atoms with Crippen LogP contribution in [-0.4, -0.2) is 29.8 Å². The van der Waals surface area contributed by atoms with E-state index in [2.05, 4.69) is 26.3 Å². The van der Waals surface area contributed by atoms with Gasteiger partial charge in [0.1, 0.15) is 4.90 Å². The first-order chi connectivity index (χ1) is 9.41. The molecule has 1 fully saturated rings. The summed E-state index contributed by atoms with van der Waals surface area (Å²) < 4.78 is 28.0. The number of aromatic nitrogens is 1. The van der Waals surface area contributed by atoms with Gasteiger partial charge in [-0.1, -0.05) is 6.92 Å². The van der Waals surface area contributed by atoms with Crippen LogP contribution in [0.25, 0.3) is 0 Å². The van der Waals surface area contributed by atoms with Crippen LogP contribution < -0.4 is 11.3 Å². The van der Waals surface area contributed by atoms with E-state index in [1.807, 2.05) is 13.8 Å². The molecule has 1 saturated heterocycles. The summed E-state index contributed by atoms with van der Waals surface area (Å²) >= 11 is 3.26. The second kappa shape index (κ2) is 5.97. The lowest BCUT2D eigenvalue weighted by atomic mass is 10.2. The Balaban J connectivity index is 2.52. The van der Waals surface area contributed by atoms with Gasteiger partial charge in [-0.25, -0.2) is 19.2 Å². The van der Waals surface area contributed by atoms with E-state index in [0.717, 1.165) is 19.3 Å². The Hall–Kier alpha value is -0.700. The summed E-state index contributed by atoms with van der Waals surface area (Å²) in [6.07, 6.45) is 4.09. The van der Waals surface area contributed by atoms with E-state index in [9.17, 15) is 8.42 Å². The largest absolute Gasteiger partial charge is 0.307 e. The van der Waals surface area contributed by atoms with E-state index in [1.54, 1.807) is 4.31 Å². The molecule has 0 spiro atoms. The van der Waals surface area contributed by atoms with E-state index in [4.69, 9.17) is 5.84 Å². The van der Waals surface area contributed by atoms with Crippen molar-refractivity contribution in [2.24, 2.45) is 5.84 Å². The van der Waals surface area contributed by atoms with Crippen molar-refractivity contribution < 1.29 is 8.42 Å². The van der Waals surface area contributed by atoms with Crippen molar-refractivity contribution in [3.63, 3.8) is 0 Å². The number of nitrogens with one attached hydrogen (secondary N) is 1. The summed E-state index contributed by atoms with van der Waals surface area (Å²) in [6, 6.07) is 1.57. The second-order valence-corrected chi connectivity index (χ2v) is 7.70. The molecule has 6 nitrogen and oxygen atoms in total. The minimum Gasteiger partial charge on any atom is -0.307 e. The molecule has 1 aromatic rings. The Kier molecular flexibility index (Phi) is 4.68. The van der Waals surface area contributed by atoms with Crippen LogP contribution in [0.5, 0.6) is 0 Å². The maximum Gasteiger partial charge on any atom is 0.247 e. The molecule has 1 aliphatic heterocycles. The third-order valence-electron chi connectivity index (χ3n) is 3.69. The Bertz CT molecular complexity index is 593. The minimum atomic E-state index is -3.62. The van der Waals surface area contributed by atoms with Crippen LogP contribution in [0.15, 0.2) is 21.6 Å². The number of nitrogens with two attached hydrogens (primary N) is 1. The molecule has 2 atom stereocenters. The number of anilines is 1. The maximum absolute atomic E-state index is 12.9. The van der Waals surface area contributed by atoms with Gasteiger partial charge in [-0.3, -0.25) is 0 Å². The molecule has 1 aliphatic rings. The van der Waals surface area contributed by atoms with Crippen molar-refractivity contribution >= 4 is 31.8 Å². The number of hydrazine groups is 1. The van der Waals surface area contributed by atoms with Crippen molar-refractivity contribution in [1.82, 2.24) is 9.29 Å². The number of hydrogen-bond acceptors (Lipinski definition) is 5. The number of sulfonamides is 1. The van der Waals surface area contributed by atoms with E-state index < -0.39 is 10.0 Å². The Morgan fingerprint density at radius 3 is 2.85 bits per heavy atom. The smallest absolute Gasteiger partial charge is 0.247 e. The fourth-order valence-corrected chi connectivity index (χ4v) is 5.27. The van der Waals surface area contributed by atoms with Gasteiger partial charge in [0, 0.05) is 22.8 Å². The molecular weight excluding hydrogens is 344 g/mol. The highest BCUT2D eigenvalue weighted by molar-refractivity contribution is 9.10. The van der Waals surface area contributed by atoms with Crippen LogP contribution in [0.1, 0.15) is 33.1 Å². The van der Waals surface area contributed by atoms with Gasteiger partial charge >= 0.3 is 0 Å². The number of halogens is 1. The lowest BCUT2D eigenvalue weighted by Gasteiger charge is -2.27. The topological polar surface area (TPSA) is 88.3 Å². The molecular formula is C12H19BrN4O2S. The average molecular weight is 363 g/mol. The summed E-state index contributed by atoms with van der Waals surface area (Å²) in [4.78, 5) is 4.13. The molecule has 0 radical (unpaired) electrons. The normalized spacial score (nSPS) is 24.0. The molecule has 2 unspecified atom stereocenters. The lowest BCUT2D eigenvalue weighted by Crippen LogP contribution is -2.40. The molecule has 8 heteroatoms. The van der Waals surface area contributed by atoms with Crippen molar-refractivity contribution in [1.29, 1.82) is 0 Å². The van der Waals surface area contributed by atoms with Crippen LogP contribution in [-0.2, 0) is 10.0 Å². The van der Waals surface area contributed by atoms with E-state index in [1.165, 1.54) is 12.3 Å². The van der Waals surface area contributed by atoms with Gasteiger partial charge in [0.2, 0.25) is 10.0 Å². The zero-order chi connectivity index (χ0) is 14.9. The van der Waals surface area contributed by atoms with Crippen LogP contribution in [0.4, 0.5) is 5.82 Å². The zero-order valence-corrected chi connectivity index (χ0v) is 13.9. The molecule has 0 saturated carbocycles. The molecule has 2 heterocycles. The standard InChI is InChI=1S/C12H19BrN4O2S/c1-3-10-5-4-8(2)17(10)20(18,19)11-6-9(13)7-15-12(11)16-14/h6-8,10H,3-5,14H2,1-2H3,(H,15,16). The fourth-order valence-electron chi connectivity index (χ4n) is 2.70. The van der Waals surface area contributed by atoms with E-state index in [-0.39, 0.29) is 22.8 Å². The average Bonchev–Trinajstić information content (AvgIpc) is 2.80. The SMILES string of the molecule is CCC1CCC(C)N1S(=O)(=O)c1cc(Br)cnc1NN. The number of nitrogen functional groups attached to an aromatic ring is 1. The van der Waals surface area contributed by atoms with Crippen molar-refractivity contribution in [3.05, 3.63) is 16.7 Å². The van der Waals surface area contributed by atoms with Gasteiger partial charge < -0.3 is 5.43 Å². The van der Waals surface area contributed by atoms with Gasteiger partial charge in [-0.05, 0) is 48.2 Å². The molecule has 1 aromatic heterocycles. The molecule has 0 bridgehead atoms. The predicted octanol–water partition coefficient (Wildman–Crippen LogP) is 2.08. The summed E-state index contributed by atoms with van der Waals surface area (Å²) in [5.41, 5.74) is 2.36. The molecule has 0 aliphatic carbocycles. The molecule has 3 N–H and O–H groups in total. The first-order valence-electron chi connectivity index (χ1n) is 6.57. The Labute approximate surface area is 127 Å². The fraction of sp³-hybridized carbons (Fsp3) is 0.583. The summed E-state index contributed by atoms with van der Waals surface area (Å²) in [5.74, 6) is 5.56. The van der Waals surface area contributed by atoms with Gasteiger partial charge in [-0.2, -0.15) is 4.31 Å². The first-order valence-corrected chi connectivity index (χ1v) is 8.80. The quantitative estimate of drug-likeness (QED) is 0.632. The highest BCUT2D eigenvalue weighted by Gasteiger charge is 2.40. The van der Waals surface area contributed by atoms with Crippen LogP contribution in [0.3, 0.4) is 0 Å². The number of rotatable bonds is 4. The molecule has 20 heavy (non-hydrogen) atoms. The Morgan fingerprint density at radius 2 is 2.25 bits per heavy atom. The highest BCUT2D eigenvalue weighted by atomic mass is 79.9.